The van der Waals surface area contributed by atoms with Gasteiger partial charge in [0.25, 0.3) is 0 Å². The van der Waals surface area contributed by atoms with Crippen LogP contribution < -0.4 is 0 Å². The van der Waals surface area contributed by atoms with Crippen molar-refractivity contribution in [3.05, 3.63) is 76.4 Å². The standard InChI is InChI=1S/C22H19F7S/c1-12-7-14(3)21(15(4)8-12)16-5-6-18(13(2)9-16)17-10-19(23)22(20(24)11-17)30(25,26,27,28)29/h5-11H,1-4H3. The number of hydrogen-bond acceptors (Lipinski definition) is 0. The van der Waals surface area contributed by atoms with Gasteiger partial charge in [-0.2, -0.15) is 0 Å². The van der Waals surface area contributed by atoms with E-state index in [1.807, 2.05) is 32.9 Å². The minimum absolute atomic E-state index is 0.243. The van der Waals surface area contributed by atoms with Crippen LogP contribution in [0.25, 0.3) is 22.3 Å². The largest absolute Gasteiger partial charge is 0.315 e. The minimum Gasteiger partial charge on any atom is -0.205 e. The van der Waals surface area contributed by atoms with Crippen LogP contribution in [-0.4, -0.2) is 0 Å². The molecule has 0 fully saturated rings. The van der Waals surface area contributed by atoms with Crippen LogP contribution in [0.3, 0.4) is 0 Å². The molecule has 0 spiro atoms. The van der Waals surface area contributed by atoms with Crippen LogP contribution in [0.15, 0.2) is 47.4 Å². The van der Waals surface area contributed by atoms with Crippen LogP contribution in [0.1, 0.15) is 22.3 Å². The second-order valence-electron chi connectivity index (χ2n) is 7.54. The molecular weight excluding hydrogens is 429 g/mol. The Balaban J connectivity index is 2.14. The van der Waals surface area contributed by atoms with E-state index in [0.29, 0.717) is 17.7 Å². The first kappa shape index (κ1) is 22.2. The van der Waals surface area contributed by atoms with Gasteiger partial charge in [-0.3, -0.25) is 0 Å². The van der Waals surface area contributed by atoms with Gasteiger partial charge in [-0.15, -0.1) is 0 Å². The summed E-state index contributed by atoms with van der Waals surface area (Å²) in [6.07, 6.45) is 0. The highest BCUT2D eigenvalue weighted by Crippen LogP contribution is 3.02. The van der Waals surface area contributed by atoms with Crippen molar-refractivity contribution in [2.45, 2.75) is 32.6 Å². The van der Waals surface area contributed by atoms with Gasteiger partial charge in [-0.05, 0) is 78.8 Å². The van der Waals surface area contributed by atoms with Crippen molar-refractivity contribution in [2.24, 2.45) is 0 Å². The van der Waals surface area contributed by atoms with E-state index < -0.39 is 26.8 Å². The number of aryl methyl sites for hydroxylation is 4. The number of halogens is 7. The molecule has 0 N–H and O–H groups in total. The average Bonchev–Trinajstić information content (AvgIpc) is 2.50. The Morgan fingerprint density at radius 2 is 1.10 bits per heavy atom. The molecule has 0 nitrogen and oxygen atoms in total. The first-order chi connectivity index (χ1) is 13.5. The van der Waals surface area contributed by atoms with Crippen LogP contribution in [-0.2, 0) is 0 Å². The Bertz CT molecular complexity index is 1130. The lowest BCUT2D eigenvalue weighted by Gasteiger charge is -2.40. The molecule has 0 radical (unpaired) electrons. The normalized spacial score (nSPS) is 14.4. The lowest BCUT2D eigenvalue weighted by molar-refractivity contribution is 0.345. The third kappa shape index (κ3) is 4.19. The Morgan fingerprint density at radius 1 is 0.600 bits per heavy atom. The molecule has 0 unspecified atom stereocenters. The Hall–Kier alpha value is -2.48. The molecule has 0 bridgehead atoms. The molecule has 0 aromatic heterocycles. The van der Waals surface area contributed by atoms with Gasteiger partial charge in [-0.1, -0.05) is 55.3 Å². The molecular formula is C22H19F7S. The molecule has 0 aliphatic heterocycles. The van der Waals surface area contributed by atoms with Crippen LogP contribution in [0.5, 0.6) is 0 Å². The fourth-order valence-corrected chi connectivity index (χ4v) is 4.72. The SMILES string of the molecule is Cc1cc(C)c(-c2ccc(-c3cc(F)c(S(F)(F)(F)(F)F)c(F)c3)c(C)c2)c(C)c1. The molecule has 3 aromatic carbocycles. The van der Waals surface area contributed by atoms with E-state index in [1.165, 1.54) is 6.07 Å². The number of hydrogen-bond donors (Lipinski definition) is 0. The molecule has 3 aromatic rings. The van der Waals surface area contributed by atoms with E-state index in [1.54, 1.807) is 19.1 Å². The zero-order chi connectivity index (χ0) is 22.7. The maximum absolute atomic E-state index is 14.0. The first-order valence-electron chi connectivity index (χ1n) is 8.90. The van der Waals surface area contributed by atoms with Crippen LogP contribution >= 0.6 is 10.2 Å². The van der Waals surface area contributed by atoms with Gasteiger partial charge < -0.3 is 0 Å². The van der Waals surface area contributed by atoms with Crippen LogP contribution in [0.2, 0.25) is 0 Å². The van der Waals surface area contributed by atoms with Crippen molar-refractivity contribution in [1.82, 2.24) is 0 Å². The molecule has 162 valence electrons. The molecule has 3 rings (SSSR count). The summed E-state index contributed by atoms with van der Waals surface area (Å²) in [5, 5.41) is 0. The quantitative estimate of drug-likeness (QED) is 0.350. The minimum atomic E-state index is -10.5. The number of benzene rings is 3. The molecule has 0 saturated heterocycles. The first-order valence-corrected chi connectivity index (χ1v) is 10.9. The van der Waals surface area contributed by atoms with Gasteiger partial charge in [0.15, 0.2) is 4.90 Å². The van der Waals surface area contributed by atoms with Gasteiger partial charge in [0.1, 0.15) is 11.6 Å². The summed E-state index contributed by atoms with van der Waals surface area (Å²) < 4.78 is 92.7. The molecule has 30 heavy (non-hydrogen) atoms. The molecule has 8 heteroatoms. The Kier molecular flexibility index (Phi) is 4.64. The molecule has 0 saturated carbocycles. The predicted octanol–water partition coefficient (Wildman–Crippen LogP) is 9.19. The third-order valence-corrected chi connectivity index (χ3v) is 6.05. The summed E-state index contributed by atoms with van der Waals surface area (Å²) in [5.74, 6) is -4.67. The lowest BCUT2D eigenvalue weighted by Crippen LogP contribution is -2.11. The monoisotopic (exact) mass is 448 g/mol. The van der Waals surface area contributed by atoms with Crippen molar-refractivity contribution in [1.29, 1.82) is 0 Å². The summed E-state index contributed by atoms with van der Waals surface area (Å²) in [4.78, 5) is -3.11. The zero-order valence-electron chi connectivity index (χ0n) is 16.6. The van der Waals surface area contributed by atoms with Crippen molar-refractivity contribution in [3.8, 4) is 22.3 Å². The zero-order valence-corrected chi connectivity index (χ0v) is 17.4. The van der Waals surface area contributed by atoms with Gasteiger partial charge in [0.2, 0.25) is 0 Å². The third-order valence-electron chi connectivity index (χ3n) is 4.89. The van der Waals surface area contributed by atoms with E-state index in [0.717, 1.165) is 27.8 Å². The topological polar surface area (TPSA) is 0 Å². The molecule has 0 atom stereocenters. The highest BCUT2D eigenvalue weighted by Gasteiger charge is 2.68. The molecule has 0 amide bonds. The number of rotatable bonds is 3. The molecule has 0 aliphatic rings. The van der Waals surface area contributed by atoms with Gasteiger partial charge in [-0.25, -0.2) is 8.78 Å². The summed E-state index contributed by atoms with van der Waals surface area (Å²) in [6, 6.07) is 9.54. The lowest BCUT2D eigenvalue weighted by atomic mass is 9.90. The second-order valence-corrected chi connectivity index (χ2v) is 9.89. The highest BCUT2D eigenvalue weighted by atomic mass is 32.5. The highest BCUT2D eigenvalue weighted by molar-refractivity contribution is 8.45. The van der Waals surface area contributed by atoms with E-state index in [2.05, 4.69) is 0 Å². The maximum Gasteiger partial charge on any atom is 0.315 e. The smallest absolute Gasteiger partial charge is 0.205 e. The van der Waals surface area contributed by atoms with E-state index in [9.17, 15) is 28.2 Å². The van der Waals surface area contributed by atoms with E-state index in [4.69, 9.17) is 0 Å². The van der Waals surface area contributed by atoms with Crippen LogP contribution in [0, 0.1) is 39.3 Å². The Labute approximate surface area is 170 Å². The van der Waals surface area contributed by atoms with Crippen molar-refractivity contribution < 1.29 is 28.2 Å². The van der Waals surface area contributed by atoms with Gasteiger partial charge in [0.05, 0.1) is 0 Å². The molecule has 0 heterocycles. The van der Waals surface area contributed by atoms with Crippen molar-refractivity contribution in [3.63, 3.8) is 0 Å². The van der Waals surface area contributed by atoms with E-state index in [-0.39, 0.29) is 11.1 Å². The van der Waals surface area contributed by atoms with Crippen molar-refractivity contribution >= 4 is 10.2 Å². The van der Waals surface area contributed by atoms with E-state index >= 15 is 0 Å². The van der Waals surface area contributed by atoms with Gasteiger partial charge >= 0.3 is 10.2 Å². The summed E-state index contributed by atoms with van der Waals surface area (Å²) >= 11 is 0. The summed E-state index contributed by atoms with van der Waals surface area (Å²) in [7, 11) is -10.5. The van der Waals surface area contributed by atoms with Gasteiger partial charge in [0, 0.05) is 0 Å². The summed E-state index contributed by atoms with van der Waals surface area (Å²) in [5.41, 5.74) is 5.47. The maximum atomic E-state index is 14.0. The summed E-state index contributed by atoms with van der Waals surface area (Å²) in [6.45, 7) is 7.49. The van der Waals surface area contributed by atoms with Crippen molar-refractivity contribution in [2.75, 3.05) is 0 Å². The Morgan fingerprint density at radius 3 is 1.53 bits per heavy atom. The van der Waals surface area contributed by atoms with Crippen LogP contribution in [0.4, 0.5) is 28.2 Å². The average molecular weight is 448 g/mol. The second kappa shape index (κ2) is 6.26. The predicted molar refractivity (Wildman–Crippen MR) is 108 cm³/mol. The fraction of sp³-hybridized carbons (Fsp3) is 0.182. The molecule has 0 aliphatic carbocycles. The fourth-order valence-electron chi connectivity index (χ4n) is 3.86.